The van der Waals surface area contributed by atoms with Gasteiger partial charge in [0.05, 0.1) is 5.60 Å². The fraction of sp³-hybridized carbons (Fsp3) is 0.941. The number of thioether (sulfide) groups is 1. The summed E-state index contributed by atoms with van der Waals surface area (Å²) in [6, 6.07) is 0.258. The Labute approximate surface area is 145 Å². The zero-order valence-corrected chi connectivity index (χ0v) is 16.3. The molecule has 1 fully saturated rings. The Hall–Kier alpha value is -0.460. The van der Waals surface area contributed by atoms with Gasteiger partial charge in [0, 0.05) is 31.4 Å². The number of piperidine rings is 1. The zero-order chi connectivity index (χ0) is 17.7. The van der Waals surface area contributed by atoms with E-state index < -0.39 is 11.2 Å². The average Bonchev–Trinajstić information content (AvgIpc) is 2.43. The van der Waals surface area contributed by atoms with Crippen LogP contribution in [0.25, 0.3) is 0 Å². The summed E-state index contributed by atoms with van der Waals surface area (Å²) in [5.74, 6) is 1.10. The molecule has 0 spiro atoms. The summed E-state index contributed by atoms with van der Waals surface area (Å²) < 4.78 is 5.48. The summed E-state index contributed by atoms with van der Waals surface area (Å²) in [7, 11) is 0. The number of likely N-dealkylation sites (tertiary alicyclic amines) is 1. The second-order valence-corrected chi connectivity index (χ2v) is 8.79. The SMILES string of the molecule is CSCC(C)(O)CNC(C)C1CCCN(C(=O)OC(C)(C)C)C1. The lowest BCUT2D eigenvalue weighted by Gasteiger charge is -2.37. The molecule has 1 rings (SSSR count). The van der Waals surface area contributed by atoms with Crippen LogP contribution in [-0.4, -0.2) is 65.0 Å². The first kappa shape index (κ1) is 20.6. The summed E-state index contributed by atoms with van der Waals surface area (Å²) in [6.45, 7) is 11.7. The molecule has 1 aliphatic heterocycles. The van der Waals surface area contributed by atoms with Crippen LogP contribution in [0.1, 0.15) is 47.5 Å². The number of carbonyl (C=O) groups excluding carboxylic acids is 1. The molecule has 6 heteroatoms. The van der Waals surface area contributed by atoms with Gasteiger partial charge in [0.25, 0.3) is 0 Å². The van der Waals surface area contributed by atoms with Gasteiger partial charge >= 0.3 is 6.09 Å². The molecule has 0 bridgehead atoms. The summed E-state index contributed by atoms with van der Waals surface area (Å²) in [5.41, 5.74) is -1.16. The number of aliphatic hydroxyl groups is 1. The molecular weight excluding hydrogens is 312 g/mol. The molecule has 0 saturated carbocycles. The molecule has 1 saturated heterocycles. The Morgan fingerprint density at radius 3 is 2.65 bits per heavy atom. The molecule has 1 heterocycles. The predicted octanol–water partition coefficient (Wildman–Crippen LogP) is 2.73. The van der Waals surface area contributed by atoms with Crippen molar-refractivity contribution in [2.24, 2.45) is 5.92 Å². The maximum absolute atomic E-state index is 12.2. The van der Waals surface area contributed by atoms with Crippen LogP contribution < -0.4 is 5.32 Å². The topological polar surface area (TPSA) is 61.8 Å². The maximum atomic E-state index is 12.2. The van der Waals surface area contributed by atoms with Crippen LogP contribution in [0.5, 0.6) is 0 Å². The fourth-order valence-corrected chi connectivity index (χ4v) is 3.54. The van der Waals surface area contributed by atoms with E-state index in [9.17, 15) is 9.90 Å². The molecule has 1 amide bonds. The maximum Gasteiger partial charge on any atom is 0.410 e. The van der Waals surface area contributed by atoms with Gasteiger partial charge < -0.3 is 20.1 Å². The van der Waals surface area contributed by atoms with Crippen LogP contribution in [-0.2, 0) is 4.74 Å². The second-order valence-electron chi connectivity index (χ2n) is 7.93. The van der Waals surface area contributed by atoms with Crippen molar-refractivity contribution < 1.29 is 14.6 Å². The Morgan fingerprint density at radius 1 is 1.43 bits per heavy atom. The van der Waals surface area contributed by atoms with E-state index in [1.807, 2.05) is 38.9 Å². The van der Waals surface area contributed by atoms with Crippen LogP contribution in [0.2, 0.25) is 0 Å². The standard InChI is InChI=1S/C17H34N2O3S/c1-13(18-11-17(5,21)12-23-6)14-8-7-9-19(10-14)15(20)22-16(2,3)4/h13-14,18,21H,7-12H2,1-6H3. The van der Waals surface area contributed by atoms with Crippen LogP contribution in [0.15, 0.2) is 0 Å². The molecule has 2 N–H and O–H groups in total. The third-order valence-corrected chi connectivity index (χ3v) is 4.99. The van der Waals surface area contributed by atoms with E-state index in [4.69, 9.17) is 4.74 Å². The minimum atomic E-state index is -0.701. The lowest BCUT2D eigenvalue weighted by atomic mass is 9.91. The molecule has 0 radical (unpaired) electrons. The van der Waals surface area contributed by atoms with Crippen molar-refractivity contribution >= 4 is 17.9 Å². The number of nitrogens with zero attached hydrogens (tertiary/aromatic N) is 1. The molecule has 3 atom stereocenters. The van der Waals surface area contributed by atoms with Crippen molar-refractivity contribution in [1.29, 1.82) is 0 Å². The van der Waals surface area contributed by atoms with Crippen molar-refractivity contribution in [3.05, 3.63) is 0 Å². The van der Waals surface area contributed by atoms with Gasteiger partial charge in [-0.3, -0.25) is 0 Å². The van der Waals surface area contributed by atoms with E-state index in [1.54, 1.807) is 11.8 Å². The lowest BCUT2D eigenvalue weighted by molar-refractivity contribution is 0.0137. The highest BCUT2D eigenvalue weighted by Gasteiger charge is 2.31. The van der Waals surface area contributed by atoms with E-state index >= 15 is 0 Å². The van der Waals surface area contributed by atoms with Gasteiger partial charge in [0.1, 0.15) is 5.60 Å². The summed E-state index contributed by atoms with van der Waals surface area (Å²) in [4.78, 5) is 14.0. The zero-order valence-electron chi connectivity index (χ0n) is 15.5. The first-order valence-electron chi connectivity index (χ1n) is 8.47. The Balaban J connectivity index is 2.49. The third-order valence-electron chi connectivity index (χ3n) is 4.08. The minimum absolute atomic E-state index is 0.219. The summed E-state index contributed by atoms with van der Waals surface area (Å²) >= 11 is 1.65. The van der Waals surface area contributed by atoms with Crippen molar-refractivity contribution in [2.45, 2.75) is 64.7 Å². The number of rotatable bonds is 6. The number of hydrogen-bond donors (Lipinski definition) is 2. The van der Waals surface area contributed by atoms with E-state index in [1.165, 1.54) is 0 Å². The van der Waals surface area contributed by atoms with Crippen molar-refractivity contribution in [1.82, 2.24) is 10.2 Å². The predicted molar refractivity (Wildman–Crippen MR) is 97.0 cm³/mol. The van der Waals surface area contributed by atoms with E-state index in [0.29, 0.717) is 24.8 Å². The normalized spacial score (nSPS) is 23.3. The molecule has 0 aromatic carbocycles. The number of amides is 1. The number of ether oxygens (including phenoxy) is 1. The van der Waals surface area contributed by atoms with E-state index in [0.717, 1.165) is 19.4 Å². The van der Waals surface area contributed by atoms with Gasteiger partial charge in [-0.15, -0.1) is 0 Å². The van der Waals surface area contributed by atoms with Crippen molar-refractivity contribution in [2.75, 3.05) is 31.6 Å². The first-order chi connectivity index (χ1) is 10.5. The quantitative estimate of drug-likeness (QED) is 0.774. The van der Waals surface area contributed by atoms with Crippen LogP contribution in [0.3, 0.4) is 0 Å². The van der Waals surface area contributed by atoms with Gasteiger partial charge in [-0.25, -0.2) is 4.79 Å². The third kappa shape index (κ3) is 7.77. The molecule has 0 aliphatic carbocycles. The summed E-state index contributed by atoms with van der Waals surface area (Å²) in [5, 5.41) is 13.7. The van der Waals surface area contributed by atoms with Crippen molar-refractivity contribution in [3.63, 3.8) is 0 Å². The van der Waals surface area contributed by atoms with Gasteiger partial charge in [-0.05, 0) is 59.6 Å². The van der Waals surface area contributed by atoms with Gasteiger partial charge in [0.15, 0.2) is 0 Å². The minimum Gasteiger partial charge on any atom is -0.444 e. The molecular formula is C17H34N2O3S. The highest BCUT2D eigenvalue weighted by molar-refractivity contribution is 7.98. The highest BCUT2D eigenvalue weighted by Crippen LogP contribution is 2.22. The Kier molecular flexibility index (Phi) is 7.68. The van der Waals surface area contributed by atoms with E-state index in [2.05, 4.69) is 12.2 Å². The number of hydrogen-bond acceptors (Lipinski definition) is 5. The smallest absolute Gasteiger partial charge is 0.410 e. The largest absolute Gasteiger partial charge is 0.444 e. The molecule has 0 aromatic heterocycles. The molecule has 0 aromatic rings. The molecule has 23 heavy (non-hydrogen) atoms. The lowest BCUT2D eigenvalue weighted by Crippen LogP contribution is -2.50. The van der Waals surface area contributed by atoms with Crippen LogP contribution in [0.4, 0.5) is 4.79 Å². The number of carbonyl (C=O) groups is 1. The second kappa shape index (κ2) is 8.58. The van der Waals surface area contributed by atoms with E-state index in [-0.39, 0.29) is 12.1 Å². The molecule has 3 unspecified atom stereocenters. The molecule has 1 aliphatic rings. The highest BCUT2D eigenvalue weighted by atomic mass is 32.2. The Bertz CT molecular complexity index is 383. The average molecular weight is 347 g/mol. The van der Waals surface area contributed by atoms with Crippen LogP contribution in [0, 0.1) is 5.92 Å². The molecule has 136 valence electrons. The van der Waals surface area contributed by atoms with Gasteiger partial charge in [-0.1, -0.05) is 0 Å². The van der Waals surface area contributed by atoms with Crippen LogP contribution >= 0.6 is 11.8 Å². The summed E-state index contributed by atoms with van der Waals surface area (Å²) in [6.07, 6.45) is 3.87. The fourth-order valence-electron chi connectivity index (χ4n) is 2.82. The first-order valence-corrected chi connectivity index (χ1v) is 9.86. The van der Waals surface area contributed by atoms with Gasteiger partial charge in [-0.2, -0.15) is 11.8 Å². The number of nitrogens with one attached hydrogen (secondary N) is 1. The van der Waals surface area contributed by atoms with Crippen molar-refractivity contribution in [3.8, 4) is 0 Å². The molecule has 5 nitrogen and oxygen atoms in total. The Morgan fingerprint density at radius 2 is 2.09 bits per heavy atom. The van der Waals surface area contributed by atoms with Gasteiger partial charge in [0.2, 0.25) is 0 Å². The monoisotopic (exact) mass is 346 g/mol.